The molecule has 1 aromatic carbocycles. The molecule has 0 bridgehead atoms. The molecule has 1 amide bonds. The highest BCUT2D eigenvalue weighted by Gasteiger charge is 2.47. The maximum atomic E-state index is 12.7. The van der Waals surface area contributed by atoms with Gasteiger partial charge in [-0.2, -0.15) is 0 Å². The second-order valence-electron chi connectivity index (χ2n) is 15.2. The molecule has 5 aliphatic rings. The predicted molar refractivity (Wildman–Crippen MR) is 189 cm³/mol. The van der Waals surface area contributed by atoms with Gasteiger partial charge in [0.25, 0.3) is 5.91 Å². The molecule has 4 aliphatic heterocycles. The van der Waals surface area contributed by atoms with Gasteiger partial charge >= 0.3 is 0 Å². The van der Waals surface area contributed by atoms with Crippen LogP contribution < -0.4 is 21.3 Å². The van der Waals surface area contributed by atoms with E-state index < -0.39 is 5.91 Å². The summed E-state index contributed by atoms with van der Waals surface area (Å²) in [6.07, 6.45) is 11.2. The van der Waals surface area contributed by atoms with Crippen LogP contribution in [0.2, 0.25) is 0 Å². The fraction of sp³-hybridized carbons (Fsp3) is 0.568. The molecule has 8 rings (SSSR count). The van der Waals surface area contributed by atoms with Gasteiger partial charge in [0.2, 0.25) is 0 Å². The lowest BCUT2D eigenvalue weighted by Gasteiger charge is -2.57. The number of pyridine rings is 1. The van der Waals surface area contributed by atoms with Gasteiger partial charge in [-0.05, 0) is 113 Å². The number of benzene rings is 1. The number of nitrogens with two attached hydrogens (primary N) is 1. The largest absolute Gasteiger partial charge is 0.380 e. The number of piperidine rings is 2. The third-order valence-corrected chi connectivity index (χ3v) is 11.8. The van der Waals surface area contributed by atoms with Crippen LogP contribution in [0.15, 0.2) is 48.7 Å². The van der Waals surface area contributed by atoms with E-state index in [1.807, 2.05) is 30.3 Å². The van der Waals surface area contributed by atoms with E-state index in [4.69, 9.17) is 20.4 Å². The summed E-state index contributed by atoms with van der Waals surface area (Å²) in [5.74, 6) is 0.312. The maximum Gasteiger partial charge on any atom is 0.271 e. The molecule has 11 nitrogen and oxygen atoms in total. The third kappa shape index (κ3) is 6.35. The van der Waals surface area contributed by atoms with E-state index in [-0.39, 0.29) is 11.7 Å². The normalized spacial score (nSPS) is 23.1. The number of carbonyl (C=O) groups is 1. The van der Waals surface area contributed by atoms with E-state index in [2.05, 4.69) is 49.5 Å². The highest BCUT2D eigenvalue weighted by Crippen LogP contribution is 2.44. The number of hydrogen-bond donors (Lipinski definition) is 3. The number of nitrogens with one attached hydrogen (secondary N) is 2. The van der Waals surface area contributed by atoms with E-state index >= 15 is 0 Å². The second kappa shape index (κ2) is 12.9. The summed E-state index contributed by atoms with van der Waals surface area (Å²) >= 11 is 0. The van der Waals surface area contributed by atoms with Crippen LogP contribution in [0.25, 0.3) is 11.4 Å². The third-order valence-electron chi connectivity index (χ3n) is 11.8. The minimum atomic E-state index is -0.637. The van der Waals surface area contributed by atoms with Gasteiger partial charge < -0.3 is 30.9 Å². The van der Waals surface area contributed by atoms with Crippen LogP contribution in [0.5, 0.6) is 0 Å². The molecule has 0 unspecified atom stereocenters. The molecule has 4 N–H and O–H groups in total. The van der Waals surface area contributed by atoms with Crippen molar-refractivity contribution in [2.75, 3.05) is 75.1 Å². The Hall–Kier alpha value is -3.80. The number of nitrogens with zero attached hydrogens (tertiary/aromatic N) is 6. The average molecular weight is 652 g/mol. The van der Waals surface area contributed by atoms with Gasteiger partial charge in [0, 0.05) is 61.2 Å². The summed E-state index contributed by atoms with van der Waals surface area (Å²) in [6.45, 7) is 8.96. The quantitative estimate of drug-likeness (QED) is 0.314. The molecular formula is C37H49N9O2. The molecule has 11 heteroatoms. The van der Waals surface area contributed by atoms with Gasteiger partial charge in [0.15, 0.2) is 17.3 Å². The summed E-state index contributed by atoms with van der Waals surface area (Å²) in [5, 5.41) is 7.02. The first kappa shape index (κ1) is 31.5. The lowest BCUT2D eigenvalue weighted by molar-refractivity contribution is -0.131. The molecule has 6 heterocycles. The van der Waals surface area contributed by atoms with Crippen molar-refractivity contribution >= 4 is 28.9 Å². The number of ether oxygens (including phenoxy) is 1. The number of rotatable bonds is 8. The maximum absolute atomic E-state index is 12.7. The van der Waals surface area contributed by atoms with Crippen molar-refractivity contribution in [3.05, 3.63) is 54.4 Å². The zero-order valence-electron chi connectivity index (χ0n) is 28.2. The highest BCUT2D eigenvalue weighted by atomic mass is 16.5. The fourth-order valence-electron chi connectivity index (χ4n) is 8.59. The minimum absolute atomic E-state index is 0.0922. The zero-order chi connectivity index (χ0) is 32.7. The summed E-state index contributed by atoms with van der Waals surface area (Å²) in [4.78, 5) is 34.6. The molecule has 5 fully saturated rings. The van der Waals surface area contributed by atoms with Crippen LogP contribution in [0.4, 0.5) is 23.0 Å². The second-order valence-corrected chi connectivity index (χ2v) is 15.2. The molecule has 4 saturated heterocycles. The topological polar surface area (TPSA) is 125 Å². The summed E-state index contributed by atoms with van der Waals surface area (Å²) in [7, 11) is 2.25. The van der Waals surface area contributed by atoms with Gasteiger partial charge in [0.1, 0.15) is 5.69 Å². The Morgan fingerprint density at radius 1 is 0.875 bits per heavy atom. The van der Waals surface area contributed by atoms with E-state index in [9.17, 15) is 4.79 Å². The van der Waals surface area contributed by atoms with Gasteiger partial charge in [0.05, 0.1) is 18.9 Å². The number of carbonyl (C=O) groups excluding carboxylic acids is 1. The van der Waals surface area contributed by atoms with Crippen LogP contribution in [-0.4, -0.2) is 102 Å². The Balaban J connectivity index is 0.940. The first-order valence-electron chi connectivity index (χ1n) is 17.9. The van der Waals surface area contributed by atoms with E-state index in [1.165, 1.54) is 57.5 Å². The van der Waals surface area contributed by atoms with Crippen molar-refractivity contribution in [1.29, 1.82) is 0 Å². The molecule has 1 saturated carbocycles. The molecule has 0 atom stereocenters. The number of anilines is 4. The standard InChI is InChI=1S/C37H49N9O2/c1-44-20-15-36(16-21-44)22-46(23-36)29-11-18-45(19-12-29)28-7-5-26(6-8-28)40-35-32(33(38)47)42-31(30-4-2-3-17-39-30)34(43-35)41-27-9-13-37(14-10-27)24-48-25-37/h2-8,17,27,29H,9-16,18-25H2,1H3,(H2,38,47)(H2,40,41,43). The predicted octanol–water partition coefficient (Wildman–Crippen LogP) is 4.75. The first-order valence-corrected chi connectivity index (χ1v) is 17.9. The average Bonchev–Trinajstić information content (AvgIpc) is 3.08. The Morgan fingerprint density at radius 3 is 2.23 bits per heavy atom. The number of aromatic nitrogens is 3. The molecule has 48 heavy (non-hydrogen) atoms. The lowest BCUT2D eigenvalue weighted by atomic mass is 9.71. The van der Waals surface area contributed by atoms with Gasteiger partial charge in [-0.25, -0.2) is 9.97 Å². The highest BCUT2D eigenvalue weighted by molar-refractivity contribution is 5.97. The van der Waals surface area contributed by atoms with E-state index in [0.29, 0.717) is 39.9 Å². The van der Waals surface area contributed by atoms with E-state index in [0.717, 1.165) is 57.7 Å². The van der Waals surface area contributed by atoms with Crippen LogP contribution in [-0.2, 0) is 4.74 Å². The number of primary amides is 1. The van der Waals surface area contributed by atoms with Crippen LogP contribution in [0, 0.1) is 10.8 Å². The Morgan fingerprint density at radius 2 is 1.60 bits per heavy atom. The number of amides is 1. The molecule has 254 valence electrons. The molecule has 0 radical (unpaired) electrons. The first-order chi connectivity index (χ1) is 23.4. The fourth-order valence-corrected chi connectivity index (χ4v) is 8.59. The van der Waals surface area contributed by atoms with Gasteiger partial charge in [-0.3, -0.25) is 14.7 Å². The summed E-state index contributed by atoms with van der Waals surface area (Å²) in [5.41, 5.74) is 10.1. The zero-order valence-corrected chi connectivity index (χ0v) is 28.2. The van der Waals surface area contributed by atoms with Gasteiger partial charge in [-0.1, -0.05) is 6.07 Å². The van der Waals surface area contributed by atoms with Crippen molar-refractivity contribution < 1.29 is 9.53 Å². The van der Waals surface area contributed by atoms with Crippen LogP contribution >= 0.6 is 0 Å². The SMILES string of the molecule is CN1CCC2(CC1)CN(C1CCN(c3ccc(Nc4nc(NC5CCC6(CC5)COC6)c(-c5ccccn5)nc4C(N)=O)cc3)CC1)C2. The minimum Gasteiger partial charge on any atom is -0.380 e. The molecular weight excluding hydrogens is 602 g/mol. The Bertz CT molecular complexity index is 1580. The van der Waals surface area contributed by atoms with Crippen molar-refractivity contribution in [3.63, 3.8) is 0 Å². The Kier molecular flexibility index (Phi) is 8.46. The van der Waals surface area contributed by atoms with Crippen molar-refractivity contribution in [1.82, 2.24) is 24.8 Å². The van der Waals surface area contributed by atoms with Crippen LogP contribution in [0.1, 0.15) is 61.9 Å². The molecule has 1 aliphatic carbocycles. The number of likely N-dealkylation sites (tertiary alicyclic amines) is 2. The summed E-state index contributed by atoms with van der Waals surface area (Å²) in [6, 6.07) is 15.0. The van der Waals surface area contributed by atoms with Crippen LogP contribution in [0.3, 0.4) is 0 Å². The number of hydrogen-bond acceptors (Lipinski definition) is 10. The smallest absolute Gasteiger partial charge is 0.271 e. The monoisotopic (exact) mass is 651 g/mol. The molecule has 2 spiro atoms. The lowest BCUT2D eigenvalue weighted by Crippen LogP contribution is -2.63. The van der Waals surface area contributed by atoms with Crippen molar-refractivity contribution in [3.8, 4) is 11.4 Å². The van der Waals surface area contributed by atoms with E-state index in [1.54, 1.807) is 6.20 Å². The van der Waals surface area contributed by atoms with Crippen molar-refractivity contribution in [2.45, 2.75) is 63.5 Å². The molecule has 3 aromatic rings. The molecule has 2 aromatic heterocycles. The summed E-state index contributed by atoms with van der Waals surface area (Å²) < 4.78 is 5.53. The van der Waals surface area contributed by atoms with Crippen molar-refractivity contribution in [2.24, 2.45) is 16.6 Å². The van der Waals surface area contributed by atoms with Gasteiger partial charge in [-0.15, -0.1) is 0 Å². The Labute approximate surface area is 283 Å².